The number of aromatic nitrogens is 3. The number of phenolic OH excluding ortho intramolecular Hbond substituents is 1. The molecule has 0 spiro atoms. The average Bonchev–Trinajstić information content (AvgIpc) is 3.15. The highest BCUT2D eigenvalue weighted by Crippen LogP contribution is 2.37. The molecule has 2 saturated heterocycles. The molecule has 32 heavy (non-hydrogen) atoms. The van der Waals surface area contributed by atoms with Gasteiger partial charge in [-0.25, -0.2) is 14.4 Å². The van der Waals surface area contributed by atoms with Crippen LogP contribution in [-0.4, -0.2) is 51.5 Å². The zero-order valence-corrected chi connectivity index (χ0v) is 18.4. The Kier molecular flexibility index (Phi) is 4.66. The lowest BCUT2D eigenvalue weighted by Crippen LogP contribution is -2.51. The highest BCUT2D eigenvalue weighted by Gasteiger charge is 2.34. The van der Waals surface area contributed by atoms with Gasteiger partial charge in [0, 0.05) is 36.9 Å². The lowest BCUT2D eigenvalue weighted by molar-refractivity contribution is 0.463. The monoisotopic (exact) mass is 447 g/mol. The molecule has 0 saturated carbocycles. The quantitative estimate of drug-likeness (QED) is 0.357. The second kappa shape index (κ2) is 7.56. The Hall–Kier alpha value is -2.97. The molecule has 2 aromatic carbocycles. The van der Waals surface area contributed by atoms with Crippen molar-refractivity contribution in [1.82, 2.24) is 20.3 Å². The molecule has 8 heteroatoms. The number of aromatic hydroxyl groups is 1. The molecule has 6 rings (SSSR count). The van der Waals surface area contributed by atoms with Gasteiger partial charge in [-0.2, -0.15) is 0 Å². The fourth-order valence-electron chi connectivity index (χ4n) is 5.00. The third kappa shape index (κ3) is 3.17. The van der Waals surface area contributed by atoms with E-state index in [2.05, 4.69) is 20.2 Å². The molecular weight excluding hydrogens is 425 g/mol. The number of pyridine rings is 1. The lowest BCUT2D eigenvalue weighted by atomic mass is 10.0. The SMILES string of the molecule is CSc1nc(N2CC3CCC(C2)N3)c2cnc(-c3cc(O)cc4ccccc34)c(F)c2n1. The standard InChI is InChI=1S/C24H22FN5OS/c1-32-24-28-22-19(23(29-24)30-11-14-6-7-15(12-30)27-14)10-26-21(20(22)25)18-9-16(31)8-13-4-2-3-5-17(13)18/h2-5,8-10,14-15,27,31H,6-7,11-12H2,1H3. The van der Waals surface area contributed by atoms with Gasteiger partial charge in [-0.3, -0.25) is 4.98 Å². The van der Waals surface area contributed by atoms with Gasteiger partial charge >= 0.3 is 0 Å². The summed E-state index contributed by atoms with van der Waals surface area (Å²) in [6.07, 6.45) is 5.88. The molecule has 2 atom stereocenters. The largest absolute Gasteiger partial charge is 0.508 e. The van der Waals surface area contributed by atoms with E-state index in [4.69, 9.17) is 4.98 Å². The summed E-state index contributed by atoms with van der Waals surface area (Å²) in [5.74, 6) is 0.330. The normalized spacial score (nSPS) is 20.4. The van der Waals surface area contributed by atoms with Gasteiger partial charge in [-0.05, 0) is 42.0 Å². The molecule has 0 amide bonds. The number of rotatable bonds is 3. The summed E-state index contributed by atoms with van der Waals surface area (Å²) in [7, 11) is 0. The number of piperazine rings is 1. The number of benzene rings is 2. The summed E-state index contributed by atoms with van der Waals surface area (Å²) < 4.78 is 16.0. The van der Waals surface area contributed by atoms with E-state index >= 15 is 4.39 Å². The van der Waals surface area contributed by atoms with Crippen molar-refractivity contribution in [2.75, 3.05) is 24.2 Å². The van der Waals surface area contributed by atoms with Gasteiger partial charge in [0.15, 0.2) is 11.0 Å². The molecule has 2 aromatic heterocycles. The van der Waals surface area contributed by atoms with Crippen LogP contribution in [0.2, 0.25) is 0 Å². The molecule has 0 radical (unpaired) electrons. The third-order valence-electron chi connectivity index (χ3n) is 6.44. The Balaban J connectivity index is 1.56. The molecule has 4 heterocycles. The number of fused-ring (bicyclic) bond motifs is 4. The number of thioether (sulfide) groups is 1. The van der Waals surface area contributed by atoms with Crippen LogP contribution in [0.25, 0.3) is 32.9 Å². The van der Waals surface area contributed by atoms with Crippen molar-refractivity contribution >= 4 is 39.3 Å². The molecule has 4 aromatic rings. The fraction of sp³-hybridized carbons (Fsp3) is 0.292. The van der Waals surface area contributed by atoms with Crippen LogP contribution < -0.4 is 10.2 Å². The second-order valence-corrected chi connectivity index (χ2v) is 9.25. The predicted molar refractivity (Wildman–Crippen MR) is 126 cm³/mol. The van der Waals surface area contributed by atoms with E-state index in [1.54, 1.807) is 18.3 Å². The van der Waals surface area contributed by atoms with Crippen LogP contribution >= 0.6 is 11.8 Å². The first-order valence-electron chi connectivity index (χ1n) is 10.7. The van der Waals surface area contributed by atoms with Crippen LogP contribution in [0.4, 0.5) is 10.2 Å². The van der Waals surface area contributed by atoms with Crippen LogP contribution in [-0.2, 0) is 0 Å². The summed E-state index contributed by atoms with van der Waals surface area (Å²) >= 11 is 1.40. The number of nitrogens with zero attached hydrogens (tertiary/aromatic N) is 4. The number of phenols is 1. The summed E-state index contributed by atoms with van der Waals surface area (Å²) in [5, 5.41) is 16.7. The van der Waals surface area contributed by atoms with E-state index in [0.717, 1.165) is 42.5 Å². The first kappa shape index (κ1) is 19.7. The van der Waals surface area contributed by atoms with Crippen LogP contribution in [0.5, 0.6) is 5.75 Å². The second-order valence-electron chi connectivity index (χ2n) is 8.47. The van der Waals surface area contributed by atoms with Gasteiger partial charge in [0.2, 0.25) is 0 Å². The molecule has 0 aliphatic carbocycles. The maximum absolute atomic E-state index is 16.0. The first-order chi connectivity index (χ1) is 15.6. The van der Waals surface area contributed by atoms with Gasteiger partial charge < -0.3 is 15.3 Å². The third-order valence-corrected chi connectivity index (χ3v) is 6.99. The van der Waals surface area contributed by atoms with Crippen molar-refractivity contribution in [3.63, 3.8) is 0 Å². The summed E-state index contributed by atoms with van der Waals surface area (Å²) in [6, 6.07) is 11.7. The maximum Gasteiger partial charge on any atom is 0.189 e. The predicted octanol–water partition coefficient (Wildman–Crippen LogP) is 4.35. The zero-order chi connectivity index (χ0) is 21.8. The van der Waals surface area contributed by atoms with Crippen molar-refractivity contribution in [3.05, 3.63) is 48.4 Å². The average molecular weight is 448 g/mol. The lowest BCUT2D eigenvalue weighted by Gasteiger charge is -2.34. The van der Waals surface area contributed by atoms with Gasteiger partial charge in [0.25, 0.3) is 0 Å². The zero-order valence-electron chi connectivity index (χ0n) is 17.5. The Bertz CT molecular complexity index is 1350. The minimum Gasteiger partial charge on any atom is -0.508 e. The Labute approximate surface area is 188 Å². The van der Waals surface area contributed by atoms with E-state index in [1.165, 1.54) is 11.8 Å². The number of nitrogens with one attached hydrogen (secondary N) is 1. The molecule has 2 unspecified atom stereocenters. The molecule has 6 nitrogen and oxygen atoms in total. The first-order valence-corrected chi connectivity index (χ1v) is 12.0. The van der Waals surface area contributed by atoms with Gasteiger partial charge in [-0.15, -0.1) is 0 Å². The highest BCUT2D eigenvalue weighted by atomic mass is 32.2. The molecular formula is C24H22FN5OS. The van der Waals surface area contributed by atoms with Crippen molar-refractivity contribution in [2.24, 2.45) is 0 Å². The topological polar surface area (TPSA) is 74.2 Å². The summed E-state index contributed by atoms with van der Waals surface area (Å²) in [5.41, 5.74) is 0.996. The van der Waals surface area contributed by atoms with E-state index < -0.39 is 5.82 Å². The van der Waals surface area contributed by atoms with Gasteiger partial charge in [-0.1, -0.05) is 36.0 Å². The smallest absolute Gasteiger partial charge is 0.189 e. The van der Waals surface area contributed by atoms with Crippen LogP contribution in [0, 0.1) is 5.82 Å². The number of halogens is 1. The number of hydrogen-bond acceptors (Lipinski definition) is 7. The molecule has 2 N–H and O–H groups in total. The van der Waals surface area contributed by atoms with E-state index in [9.17, 15) is 5.11 Å². The van der Waals surface area contributed by atoms with Crippen molar-refractivity contribution in [2.45, 2.75) is 30.1 Å². The van der Waals surface area contributed by atoms with E-state index in [1.807, 2.05) is 30.5 Å². The molecule has 162 valence electrons. The summed E-state index contributed by atoms with van der Waals surface area (Å²) in [4.78, 5) is 16.0. The van der Waals surface area contributed by atoms with Crippen molar-refractivity contribution in [1.29, 1.82) is 0 Å². The van der Waals surface area contributed by atoms with Gasteiger partial charge in [0.05, 0.1) is 5.39 Å². The molecule has 2 aliphatic heterocycles. The van der Waals surface area contributed by atoms with Crippen LogP contribution in [0.3, 0.4) is 0 Å². The minimum atomic E-state index is -0.490. The van der Waals surface area contributed by atoms with E-state index in [0.29, 0.717) is 28.2 Å². The minimum absolute atomic E-state index is 0.0736. The summed E-state index contributed by atoms with van der Waals surface area (Å²) in [6.45, 7) is 1.69. The number of anilines is 1. The Morgan fingerprint density at radius 1 is 1.09 bits per heavy atom. The van der Waals surface area contributed by atoms with Crippen molar-refractivity contribution < 1.29 is 9.50 Å². The fourth-order valence-corrected chi connectivity index (χ4v) is 5.36. The van der Waals surface area contributed by atoms with Crippen LogP contribution in [0.1, 0.15) is 12.8 Å². The number of hydrogen-bond donors (Lipinski definition) is 2. The molecule has 2 fully saturated rings. The van der Waals surface area contributed by atoms with Gasteiger partial charge in [0.1, 0.15) is 22.8 Å². The Morgan fingerprint density at radius 2 is 1.88 bits per heavy atom. The van der Waals surface area contributed by atoms with Crippen molar-refractivity contribution in [3.8, 4) is 17.0 Å². The maximum atomic E-state index is 16.0. The molecule has 2 bridgehead atoms. The van der Waals surface area contributed by atoms with Crippen LogP contribution in [0.15, 0.2) is 47.8 Å². The molecule has 2 aliphatic rings. The van der Waals surface area contributed by atoms with E-state index in [-0.39, 0.29) is 17.0 Å². The Morgan fingerprint density at radius 3 is 2.66 bits per heavy atom. The highest BCUT2D eigenvalue weighted by molar-refractivity contribution is 7.98.